The third-order valence-electron chi connectivity index (χ3n) is 5.30. The lowest BCUT2D eigenvalue weighted by Gasteiger charge is -2.20. The number of carbonyl (C=O) groups excluding carboxylic acids is 1. The van der Waals surface area contributed by atoms with E-state index in [-0.39, 0.29) is 22.4 Å². The van der Waals surface area contributed by atoms with Gasteiger partial charge in [-0.1, -0.05) is 25.4 Å². The number of benzene rings is 2. The van der Waals surface area contributed by atoms with E-state index in [1.54, 1.807) is 25.1 Å². The summed E-state index contributed by atoms with van der Waals surface area (Å²) < 4.78 is 44.0. The third kappa shape index (κ3) is 6.41. The zero-order chi connectivity index (χ0) is 26.1. The Balaban J connectivity index is 1.72. The molecule has 0 aliphatic carbocycles. The van der Waals surface area contributed by atoms with E-state index in [1.807, 2.05) is 20.8 Å². The molecule has 0 aliphatic rings. The number of sulfonamides is 1. The quantitative estimate of drug-likeness (QED) is 0.350. The van der Waals surface area contributed by atoms with Gasteiger partial charge >= 0.3 is 6.01 Å². The Morgan fingerprint density at radius 3 is 2.31 bits per heavy atom. The van der Waals surface area contributed by atoms with Crippen LogP contribution in [-0.4, -0.2) is 55.1 Å². The number of hydrogen-bond acceptors (Lipinski definition) is 8. The Labute approximate surface area is 211 Å². The molecule has 3 rings (SSSR count). The van der Waals surface area contributed by atoms with Crippen LogP contribution in [0, 0.1) is 0 Å². The molecule has 11 heteroatoms. The Hall–Kier alpha value is -3.44. The van der Waals surface area contributed by atoms with Crippen LogP contribution >= 0.6 is 0 Å². The second-order valence-corrected chi connectivity index (χ2v) is 9.71. The smallest absolute Gasteiger partial charge is 0.322 e. The zero-order valence-corrected chi connectivity index (χ0v) is 21.8. The summed E-state index contributed by atoms with van der Waals surface area (Å²) in [5.41, 5.74) is 0.859. The Bertz CT molecular complexity index is 1260. The Morgan fingerprint density at radius 2 is 1.67 bits per heavy atom. The van der Waals surface area contributed by atoms with Crippen molar-refractivity contribution in [2.45, 2.75) is 45.4 Å². The Kier molecular flexibility index (Phi) is 9.43. The van der Waals surface area contributed by atoms with Crippen LogP contribution in [0.1, 0.15) is 50.9 Å². The van der Waals surface area contributed by atoms with E-state index in [1.165, 1.54) is 28.6 Å². The first-order valence-electron chi connectivity index (χ1n) is 12.0. The van der Waals surface area contributed by atoms with E-state index in [4.69, 9.17) is 13.9 Å². The molecule has 1 N–H and O–H groups in total. The van der Waals surface area contributed by atoms with E-state index < -0.39 is 15.9 Å². The van der Waals surface area contributed by atoms with E-state index in [2.05, 4.69) is 15.5 Å². The molecule has 36 heavy (non-hydrogen) atoms. The second-order valence-electron chi connectivity index (χ2n) is 7.77. The van der Waals surface area contributed by atoms with Gasteiger partial charge in [0, 0.05) is 24.2 Å². The molecule has 1 aromatic heterocycles. The van der Waals surface area contributed by atoms with Gasteiger partial charge in [0.25, 0.3) is 5.91 Å². The van der Waals surface area contributed by atoms with Gasteiger partial charge in [0.2, 0.25) is 15.9 Å². The fourth-order valence-corrected chi connectivity index (χ4v) is 4.94. The molecule has 3 aromatic rings. The summed E-state index contributed by atoms with van der Waals surface area (Å²) in [6, 6.07) is 10.9. The van der Waals surface area contributed by atoms with Crippen molar-refractivity contribution >= 4 is 21.9 Å². The van der Waals surface area contributed by atoms with Gasteiger partial charge in [0.15, 0.2) is 11.5 Å². The van der Waals surface area contributed by atoms with Gasteiger partial charge < -0.3 is 13.9 Å². The number of nitrogens with one attached hydrogen (secondary N) is 1. The SMILES string of the molecule is CCCCN(CC)S(=O)(=O)c1ccc(C(=O)Nc2nnc(-c3ccc(OCC)c(OCC)c3)o2)cc1. The first-order valence-corrected chi connectivity index (χ1v) is 13.4. The van der Waals surface area contributed by atoms with Crippen LogP contribution in [0.3, 0.4) is 0 Å². The fraction of sp³-hybridized carbons (Fsp3) is 0.400. The predicted octanol–water partition coefficient (Wildman–Crippen LogP) is 4.60. The highest BCUT2D eigenvalue weighted by molar-refractivity contribution is 7.89. The normalized spacial score (nSPS) is 11.5. The lowest BCUT2D eigenvalue weighted by molar-refractivity contribution is 0.102. The molecule has 0 atom stereocenters. The van der Waals surface area contributed by atoms with Crippen LogP contribution in [0.5, 0.6) is 11.5 Å². The fourth-order valence-electron chi connectivity index (χ4n) is 3.45. The van der Waals surface area contributed by atoms with E-state index >= 15 is 0 Å². The van der Waals surface area contributed by atoms with Gasteiger partial charge in [0.05, 0.1) is 18.1 Å². The van der Waals surface area contributed by atoms with Gasteiger partial charge in [-0.15, -0.1) is 5.10 Å². The minimum Gasteiger partial charge on any atom is -0.490 e. The number of ether oxygens (including phenoxy) is 2. The van der Waals surface area contributed by atoms with Gasteiger partial charge in [-0.2, -0.15) is 4.31 Å². The zero-order valence-electron chi connectivity index (χ0n) is 21.0. The maximum Gasteiger partial charge on any atom is 0.322 e. The summed E-state index contributed by atoms with van der Waals surface area (Å²) >= 11 is 0. The summed E-state index contributed by atoms with van der Waals surface area (Å²) in [6.07, 6.45) is 1.68. The molecule has 0 saturated carbocycles. The molecule has 0 saturated heterocycles. The molecule has 2 aromatic carbocycles. The van der Waals surface area contributed by atoms with Crippen molar-refractivity contribution in [1.82, 2.24) is 14.5 Å². The molecule has 1 heterocycles. The van der Waals surface area contributed by atoms with E-state index in [0.717, 1.165) is 12.8 Å². The molecular formula is C25H32N4O6S. The molecule has 0 radical (unpaired) electrons. The van der Waals surface area contributed by atoms with Crippen LogP contribution < -0.4 is 14.8 Å². The lowest BCUT2D eigenvalue weighted by atomic mass is 10.2. The average molecular weight is 517 g/mol. The molecule has 0 fully saturated rings. The van der Waals surface area contributed by atoms with Gasteiger partial charge in [-0.05, 0) is 62.7 Å². The van der Waals surface area contributed by atoms with Crippen LogP contribution in [0.4, 0.5) is 6.01 Å². The maximum atomic E-state index is 12.9. The molecule has 0 unspecified atom stereocenters. The van der Waals surface area contributed by atoms with Crippen molar-refractivity contribution in [3.63, 3.8) is 0 Å². The summed E-state index contributed by atoms with van der Waals surface area (Å²) in [7, 11) is -3.63. The topological polar surface area (TPSA) is 124 Å². The van der Waals surface area contributed by atoms with Crippen molar-refractivity contribution in [2.75, 3.05) is 31.6 Å². The number of rotatable bonds is 13. The average Bonchev–Trinajstić information content (AvgIpc) is 3.34. The standard InChI is InChI=1S/C25H32N4O6S/c1-5-9-16-29(6-2)36(31,32)20-13-10-18(11-14-20)23(30)26-25-28-27-24(35-25)19-12-15-21(33-7-3)22(17-19)34-8-4/h10-15,17H,5-9,16H2,1-4H3,(H,26,28,30). The summed E-state index contributed by atoms with van der Waals surface area (Å²) in [5.74, 6) is 0.845. The number of aromatic nitrogens is 2. The van der Waals surface area contributed by atoms with Crippen LogP contribution in [0.25, 0.3) is 11.5 Å². The number of amides is 1. The third-order valence-corrected chi connectivity index (χ3v) is 7.29. The number of unbranched alkanes of at least 4 members (excludes halogenated alkanes) is 1. The summed E-state index contributed by atoms with van der Waals surface area (Å²) in [6.45, 7) is 9.37. The molecule has 0 bridgehead atoms. The van der Waals surface area contributed by atoms with Crippen molar-refractivity contribution in [3.8, 4) is 23.0 Å². The number of hydrogen-bond donors (Lipinski definition) is 1. The van der Waals surface area contributed by atoms with E-state index in [0.29, 0.717) is 43.4 Å². The predicted molar refractivity (Wildman–Crippen MR) is 136 cm³/mol. The molecular weight excluding hydrogens is 484 g/mol. The van der Waals surface area contributed by atoms with Gasteiger partial charge in [-0.3, -0.25) is 10.1 Å². The number of anilines is 1. The van der Waals surface area contributed by atoms with Crippen molar-refractivity contribution in [1.29, 1.82) is 0 Å². The number of carbonyl (C=O) groups is 1. The minimum atomic E-state index is -3.63. The van der Waals surface area contributed by atoms with Crippen LogP contribution in [-0.2, 0) is 10.0 Å². The first-order chi connectivity index (χ1) is 17.3. The van der Waals surface area contributed by atoms with E-state index in [9.17, 15) is 13.2 Å². The van der Waals surface area contributed by atoms with Crippen LogP contribution in [0.2, 0.25) is 0 Å². The monoisotopic (exact) mass is 516 g/mol. The highest BCUT2D eigenvalue weighted by atomic mass is 32.2. The van der Waals surface area contributed by atoms with Crippen molar-refractivity contribution in [2.24, 2.45) is 0 Å². The molecule has 194 valence electrons. The molecule has 0 spiro atoms. The second kappa shape index (κ2) is 12.5. The molecule has 0 aliphatic heterocycles. The highest BCUT2D eigenvalue weighted by Crippen LogP contribution is 2.33. The Morgan fingerprint density at radius 1 is 0.972 bits per heavy atom. The van der Waals surface area contributed by atoms with Crippen molar-refractivity contribution < 1.29 is 27.1 Å². The van der Waals surface area contributed by atoms with Crippen LogP contribution in [0.15, 0.2) is 51.8 Å². The summed E-state index contributed by atoms with van der Waals surface area (Å²) in [4.78, 5) is 12.8. The minimum absolute atomic E-state index is 0.0877. The largest absolute Gasteiger partial charge is 0.490 e. The van der Waals surface area contributed by atoms with Crippen molar-refractivity contribution in [3.05, 3.63) is 48.0 Å². The first kappa shape index (κ1) is 27.2. The molecule has 10 nitrogen and oxygen atoms in total. The van der Waals surface area contributed by atoms with Gasteiger partial charge in [0.1, 0.15) is 0 Å². The lowest BCUT2D eigenvalue weighted by Crippen LogP contribution is -2.31. The summed E-state index contributed by atoms with van der Waals surface area (Å²) in [5, 5.41) is 10.4. The van der Waals surface area contributed by atoms with Gasteiger partial charge in [-0.25, -0.2) is 8.42 Å². The molecule has 1 amide bonds. The highest BCUT2D eigenvalue weighted by Gasteiger charge is 2.23. The maximum absolute atomic E-state index is 12.9. The number of nitrogens with zero attached hydrogens (tertiary/aromatic N) is 3.